The Morgan fingerprint density at radius 1 is 1.27 bits per heavy atom. The van der Waals surface area contributed by atoms with E-state index in [2.05, 4.69) is 0 Å². The highest BCUT2D eigenvalue weighted by atomic mass is 16.1. The average molecular weight is 209 g/mol. The molecule has 0 spiro atoms. The minimum absolute atomic E-state index is 0.104. The number of hydrogen-bond donors (Lipinski definition) is 1. The van der Waals surface area contributed by atoms with Crippen molar-refractivity contribution in [3.8, 4) is 0 Å². The average Bonchev–Trinajstić information content (AvgIpc) is 2.63. The zero-order valence-electron chi connectivity index (χ0n) is 9.06. The van der Waals surface area contributed by atoms with Gasteiger partial charge in [-0.1, -0.05) is 19.3 Å². The number of rotatable bonds is 3. The van der Waals surface area contributed by atoms with Gasteiger partial charge in [0, 0.05) is 31.5 Å². The van der Waals surface area contributed by atoms with Gasteiger partial charge in [-0.15, -0.1) is 0 Å². The van der Waals surface area contributed by atoms with E-state index >= 15 is 0 Å². The van der Waals surface area contributed by atoms with Crippen molar-refractivity contribution in [2.75, 3.05) is 6.54 Å². The van der Waals surface area contributed by atoms with E-state index in [1.165, 1.54) is 19.3 Å². The maximum Gasteiger partial charge on any atom is 0.328 e. The third-order valence-electron chi connectivity index (χ3n) is 3.21. The molecule has 0 radical (unpaired) electrons. The Morgan fingerprint density at radius 2 is 2.00 bits per heavy atom. The largest absolute Gasteiger partial charge is 0.329 e. The fraction of sp³-hybridized carbons (Fsp3) is 0.727. The highest BCUT2D eigenvalue weighted by molar-refractivity contribution is 4.87. The van der Waals surface area contributed by atoms with Gasteiger partial charge >= 0.3 is 5.69 Å². The first-order valence-corrected chi connectivity index (χ1v) is 5.80. The van der Waals surface area contributed by atoms with E-state index in [-0.39, 0.29) is 5.69 Å². The molecule has 0 bridgehead atoms. The molecular formula is C11H19N3O. The summed E-state index contributed by atoms with van der Waals surface area (Å²) in [6.07, 6.45) is 9.87. The van der Waals surface area contributed by atoms with Crippen molar-refractivity contribution in [3.63, 3.8) is 0 Å². The number of nitrogens with zero attached hydrogens (tertiary/aromatic N) is 2. The van der Waals surface area contributed by atoms with E-state index in [0.29, 0.717) is 19.1 Å². The summed E-state index contributed by atoms with van der Waals surface area (Å²) in [6.45, 7) is 1.15. The molecule has 1 aliphatic carbocycles. The maximum atomic E-state index is 11.9. The van der Waals surface area contributed by atoms with E-state index in [4.69, 9.17) is 5.73 Å². The molecule has 4 nitrogen and oxygen atoms in total. The molecule has 15 heavy (non-hydrogen) atoms. The van der Waals surface area contributed by atoms with Gasteiger partial charge in [-0.3, -0.25) is 9.13 Å². The lowest BCUT2D eigenvalue weighted by atomic mass is 9.95. The molecule has 1 aromatic rings. The smallest absolute Gasteiger partial charge is 0.328 e. The molecular weight excluding hydrogens is 190 g/mol. The van der Waals surface area contributed by atoms with Gasteiger partial charge in [0.2, 0.25) is 0 Å². The Bertz CT molecular complexity index is 360. The molecule has 1 aromatic heterocycles. The van der Waals surface area contributed by atoms with Crippen LogP contribution >= 0.6 is 0 Å². The summed E-state index contributed by atoms with van der Waals surface area (Å²) in [5, 5.41) is 0. The summed E-state index contributed by atoms with van der Waals surface area (Å²) in [5.41, 5.74) is 5.55. The van der Waals surface area contributed by atoms with Crippen LogP contribution in [0.2, 0.25) is 0 Å². The van der Waals surface area contributed by atoms with Gasteiger partial charge in [0.25, 0.3) is 0 Å². The van der Waals surface area contributed by atoms with Gasteiger partial charge in [-0.25, -0.2) is 4.79 Å². The van der Waals surface area contributed by atoms with Crippen LogP contribution in [0.3, 0.4) is 0 Å². The molecule has 0 unspecified atom stereocenters. The summed E-state index contributed by atoms with van der Waals surface area (Å²) in [7, 11) is 0. The minimum atomic E-state index is 0.104. The van der Waals surface area contributed by atoms with Crippen LogP contribution in [0.4, 0.5) is 0 Å². The topological polar surface area (TPSA) is 52.9 Å². The van der Waals surface area contributed by atoms with Crippen molar-refractivity contribution in [1.29, 1.82) is 0 Å². The van der Waals surface area contributed by atoms with Crippen molar-refractivity contribution in [1.82, 2.24) is 9.13 Å². The highest BCUT2D eigenvalue weighted by Gasteiger charge is 2.17. The third kappa shape index (κ3) is 2.15. The summed E-state index contributed by atoms with van der Waals surface area (Å²) in [6, 6.07) is 0.422. The summed E-state index contributed by atoms with van der Waals surface area (Å²) in [4.78, 5) is 11.9. The second-order valence-electron chi connectivity index (χ2n) is 4.26. The Balaban J connectivity index is 2.17. The zero-order valence-corrected chi connectivity index (χ0v) is 9.06. The van der Waals surface area contributed by atoms with Gasteiger partial charge in [0.1, 0.15) is 0 Å². The summed E-state index contributed by atoms with van der Waals surface area (Å²) >= 11 is 0. The SMILES string of the molecule is NCCn1ccn(C2CCCCC2)c1=O. The Labute approximate surface area is 89.7 Å². The Hall–Kier alpha value is -1.03. The number of aromatic nitrogens is 2. The predicted molar refractivity (Wildman–Crippen MR) is 59.9 cm³/mol. The molecule has 1 saturated carbocycles. The molecule has 84 valence electrons. The van der Waals surface area contributed by atoms with E-state index in [1.54, 1.807) is 4.57 Å². The standard InChI is InChI=1S/C11H19N3O/c12-6-7-13-8-9-14(11(13)15)10-4-2-1-3-5-10/h8-10H,1-7,12H2. The predicted octanol–water partition coefficient (Wildman–Crippen LogP) is 1.11. The molecule has 2 rings (SSSR count). The van der Waals surface area contributed by atoms with Gasteiger partial charge in [0.05, 0.1) is 0 Å². The first kappa shape index (κ1) is 10.5. The molecule has 0 atom stereocenters. The number of imidazole rings is 1. The lowest BCUT2D eigenvalue weighted by Crippen LogP contribution is -2.29. The maximum absolute atomic E-state index is 11.9. The molecule has 2 N–H and O–H groups in total. The highest BCUT2D eigenvalue weighted by Crippen LogP contribution is 2.26. The van der Waals surface area contributed by atoms with E-state index in [9.17, 15) is 4.79 Å². The molecule has 0 saturated heterocycles. The van der Waals surface area contributed by atoms with Gasteiger partial charge in [-0.2, -0.15) is 0 Å². The van der Waals surface area contributed by atoms with Crippen LogP contribution in [0.5, 0.6) is 0 Å². The van der Waals surface area contributed by atoms with Crippen LogP contribution in [-0.4, -0.2) is 15.7 Å². The molecule has 1 fully saturated rings. The molecule has 0 amide bonds. The molecule has 0 aliphatic heterocycles. The van der Waals surface area contributed by atoms with Crippen molar-refractivity contribution in [2.24, 2.45) is 5.73 Å². The van der Waals surface area contributed by atoms with Crippen LogP contribution in [0.25, 0.3) is 0 Å². The molecule has 1 aliphatic rings. The number of nitrogens with two attached hydrogens (primary N) is 1. The van der Waals surface area contributed by atoms with Crippen LogP contribution in [0, 0.1) is 0 Å². The van der Waals surface area contributed by atoms with Crippen molar-refractivity contribution in [3.05, 3.63) is 22.9 Å². The lowest BCUT2D eigenvalue weighted by Gasteiger charge is -2.21. The van der Waals surface area contributed by atoms with Gasteiger partial charge < -0.3 is 5.73 Å². The third-order valence-corrected chi connectivity index (χ3v) is 3.21. The summed E-state index contributed by atoms with van der Waals surface area (Å²) in [5.74, 6) is 0. The van der Waals surface area contributed by atoms with Gasteiger partial charge in [0.15, 0.2) is 0 Å². The second kappa shape index (κ2) is 4.66. The monoisotopic (exact) mass is 209 g/mol. The van der Waals surface area contributed by atoms with E-state index in [0.717, 1.165) is 12.8 Å². The fourth-order valence-corrected chi connectivity index (χ4v) is 2.37. The Morgan fingerprint density at radius 3 is 2.67 bits per heavy atom. The Kier molecular flexibility index (Phi) is 3.26. The quantitative estimate of drug-likeness (QED) is 0.811. The molecule has 1 heterocycles. The minimum Gasteiger partial charge on any atom is -0.329 e. The van der Waals surface area contributed by atoms with E-state index in [1.807, 2.05) is 17.0 Å². The normalized spacial score (nSPS) is 18.2. The summed E-state index contributed by atoms with van der Waals surface area (Å²) < 4.78 is 3.59. The van der Waals surface area contributed by atoms with Crippen molar-refractivity contribution < 1.29 is 0 Å². The molecule has 4 heteroatoms. The van der Waals surface area contributed by atoms with Crippen LogP contribution < -0.4 is 11.4 Å². The zero-order chi connectivity index (χ0) is 10.7. The number of hydrogen-bond acceptors (Lipinski definition) is 2. The van der Waals surface area contributed by atoms with Gasteiger partial charge in [-0.05, 0) is 12.8 Å². The lowest BCUT2D eigenvalue weighted by molar-refractivity contribution is 0.344. The molecule has 0 aromatic carbocycles. The van der Waals surface area contributed by atoms with Crippen LogP contribution in [0.1, 0.15) is 38.1 Å². The van der Waals surface area contributed by atoms with E-state index < -0.39 is 0 Å². The fourth-order valence-electron chi connectivity index (χ4n) is 2.37. The second-order valence-corrected chi connectivity index (χ2v) is 4.26. The van der Waals surface area contributed by atoms with Crippen LogP contribution in [-0.2, 0) is 6.54 Å². The van der Waals surface area contributed by atoms with Crippen molar-refractivity contribution in [2.45, 2.75) is 44.7 Å². The first-order valence-electron chi connectivity index (χ1n) is 5.80. The van der Waals surface area contributed by atoms with Crippen molar-refractivity contribution >= 4 is 0 Å². The van der Waals surface area contributed by atoms with Crippen LogP contribution in [0.15, 0.2) is 17.2 Å². The first-order chi connectivity index (χ1) is 7.33.